The van der Waals surface area contributed by atoms with Crippen LogP contribution in [-0.4, -0.2) is 33.1 Å². The summed E-state index contributed by atoms with van der Waals surface area (Å²) in [7, 11) is 0. The summed E-state index contributed by atoms with van der Waals surface area (Å²) in [6.45, 7) is 5.70. The lowest BCUT2D eigenvalue weighted by molar-refractivity contribution is 0.259. The van der Waals surface area contributed by atoms with E-state index < -0.39 is 5.41 Å². The molecule has 0 aliphatic heterocycles. The van der Waals surface area contributed by atoms with Gasteiger partial charge in [-0.15, -0.1) is 0 Å². The van der Waals surface area contributed by atoms with E-state index >= 15 is 0 Å². The van der Waals surface area contributed by atoms with Crippen molar-refractivity contribution in [2.24, 2.45) is 0 Å². The molecule has 0 amide bonds. The Morgan fingerprint density at radius 3 is 1.55 bits per heavy atom. The molecule has 0 saturated heterocycles. The molecular weight excluding hydrogens is 764 g/mol. The Labute approximate surface area is 317 Å². The molecule has 0 atom stereocenters. The molecular formula is C43H40Br2N4O2. The zero-order valence-corrected chi connectivity index (χ0v) is 32.1. The highest BCUT2D eigenvalue weighted by molar-refractivity contribution is 9.10. The Morgan fingerprint density at radius 1 is 0.529 bits per heavy atom. The van der Waals surface area contributed by atoms with E-state index in [1.807, 2.05) is 0 Å². The molecule has 51 heavy (non-hydrogen) atoms. The standard InChI is InChI=1S/C43H40Br2N4O2/c1-3-5-10-20-50-39-19-16-32(24-40(39)51-21-11-6-4-2)43(31-12-8-7-9-13-31)37-22-29(41-46-25-33(44)26-47-41)14-17-35(37)36-18-15-30(23-38(36)43)42-48-27-34(45)28-49-42/h7-9,12-19,22-28H,3-6,10-11,20-21H2,1-2H3. The minimum Gasteiger partial charge on any atom is -0.490 e. The van der Waals surface area contributed by atoms with Crippen molar-refractivity contribution >= 4 is 31.9 Å². The van der Waals surface area contributed by atoms with Crippen molar-refractivity contribution in [2.45, 2.75) is 57.8 Å². The van der Waals surface area contributed by atoms with E-state index in [1.54, 1.807) is 24.8 Å². The van der Waals surface area contributed by atoms with E-state index in [9.17, 15) is 0 Å². The van der Waals surface area contributed by atoms with Crippen LogP contribution in [0.4, 0.5) is 0 Å². The maximum atomic E-state index is 6.59. The Morgan fingerprint density at radius 2 is 1.04 bits per heavy atom. The Kier molecular flexibility index (Phi) is 10.9. The van der Waals surface area contributed by atoms with Crippen LogP contribution in [0.25, 0.3) is 33.9 Å². The predicted octanol–water partition coefficient (Wildman–Crippen LogP) is 11.6. The van der Waals surface area contributed by atoms with Gasteiger partial charge in [-0.2, -0.15) is 0 Å². The monoisotopic (exact) mass is 802 g/mol. The van der Waals surface area contributed by atoms with Gasteiger partial charge < -0.3 is 9.47 Å². The molecule has 6 aromatic rings. The summed E-state index contributed by atoms with van der Waals surface area (Å²) in [5.74, 6) is 2.88. The Balaban J connectivity index is 1.48. The molecule has 0 spiro atoms. The first-order valence-corrected chi connectivity index (χ1v) is 19.3. The minimum absolute atomic E-state index is 0.629. The summed E-state index contributed by atoms with van der Waals surface area (Å²) < 4.78 is 14.7. The summed E-state index contributed by atoms with van der Waals surface area (Å²) in [5, 5.41) is 0. The van der Waals surface area contributed by atoms with Crippen LogP contribution in [-0.2, 0) is 5.41 Å². The van der Waals surface area contributed by atoms with Gasteiger partial charge in [-0.05, 0) is 102 Å². The van der Waals surface area contributed by atoms with Crippen molar-refractivity contribution < 1.29 is 9.47 Å². The summed E-state index contributed by atoms with van der Waals surface area (Å²) in [4.78, 5) is 18.7. The molecule has 0 fully saturated rings. The van der Waals surface area contributed by atoms with Gasteiger partial charge in [0.2, 0.25) is 0 Å². The molecule has 6 nitrogen and oxygen atoms in total. The molecule has 1 aliphatic carbocycles. The zero-order chi connectivity index (χ0) is 35.2. The maximum Gasteiger partial charge on any atom is 0.161 e. The van der Waals surface area contributed by atoms with Gasteiger partial charge >= 0.3 is 0 Å². The minimum atomic E-state index is -0.717. The lowest BCUT2D eigenvalue weighted by atomic mass is 9.67. The molecule has 1 aliphatic rings. The van der Waals surface area contributed by atoms with Crippen LogP contribution in [0.2, 0.25) is 0 Å². The number of unbranched alkanes of at least 4 members (excludes halogenated alkanes) is 4. The molecule has 7 rings (SSSR count). The van der Waals surface area contributed by atoms with Gasteiger partial charge in [0, 0.05) is 35.9 Å². The molecule has 2 aromatic heterocycles. The van der Waals surface area contributed by atoms with Gasteiger partial charge in [-0.25, -0.2) is 19.9 Å². The van der Waals surface area contributed by atoms with Crippen LogP contribution in [0.5, 0.6) is 11.5 Å². The molecule has 0 radical (unpaired) electrons. The quantitative estimate of drug-likeness (QED) is 0.102. The second-order valence-electron chi connectivity index (χ2n) is 12.9. The second kappa shape index (κ2) is 15.9. The highest BCUT2D eigenvalue weighted by Crippen LogP contribution is 2.58. The Bertz CT molecular complexity index is 2010. The van der Waals surface area contributed by atoms with Crippen molar-refractivity contribution in [1.82, 2.24) is 19.9 Å². The normalized spacial score (nSPS) is 12.7. The van der Waals surface area contributed by atoms with Crippen LogP contribution in [0.1, 0.15) is 74.6 Å². The average molecular weight is 805 g/mol. The third-order valence-corrected chi connectivity index (χ3v) is 10.3. The largest absolute Gasteiger partial charge is 0.490 e. The van der Waals surface area contributed by atoms with Crippen LogP contribution < -0.4 is 9.47 Å². The number of aromatic nitrogens is 4. The van der Waals surface area contributed by atoms with E-state index in [4.69, 9.17) is 9.47 Å². The number of benzene rings is 4. The van der Waals surface area contributed by atoms with Gasteiger partial charge in [-0.1, -0.05) is 100 Å². The van der Waals surface area contributed by atoms with Gasteiger partial charge in [0.15, 0.2) is 23.1 Å². The lowest BCUT2D eigenvalue weighted by Gasteiger charge is -2.34. The van der Waals surface area contributed by atoms with Gasteiger partial charge in [0.1, 0.15) is 0 Å². The fourth-order valence-corrected chi connectivity index (χ4v) is 7.45. The molecule has 4 aromatic carbocycles. The first kappa shape index (κ1) is 35.0. The summed E-state index contributed by atoms with van der Waals surface area (Å²) in [6.07, 6.45) is 13.7. The van der Waals surface area contributed by atoms with Gasteiger partial charge in [-0.3, -0.25) is 0 Å². The van der Waals surface area contributed by atoms with Crippen molar-refractivity contribution in [3.63, 3.8) is 0 Å². The molecule has 0 bridgehead atoms. The van der Waals surface area contributed by atoms with Crippen LogP contribution in [0, 0.1) is 0 Å². The third-order valence-electron chi connectivity index (χ3n) is 9.49. The lowest BCUT2D eigenvalue weighted by Crippen LogP contribution is -2.29. The predicted molar refractivity (Wildman–Crippen MR) is 211 cm³/mol. The summed E-state index contributed by atoms with van der Waals surface area (Å²) in [5.41, 5.74) is 8.00. The maximum absolute atomic E-state index is 6.59. The van der Waals surface area contributed by atoms with Gasteiger partial charge in [0.25, 0.3) is 0 Å². The Hall–Kier alpha value is -4.40. The highest BCUT2D eigenvalue weighted by atomic mass is 79.9. The number of nitrogens with zero attached hydrogens (tertiary/aromatic N) is 4. The van der Waals surface area contributed by atoms with E-state index in [2.05, 4.69) is 151 Å². The van der Waals surface area contributed by atoms with E-state index in [-0.39, 0.29) is 0 Å². The molecule has 8 heteroatoms. The molecule has 0 N–H and O–H groups in total. The number of fused-ring (bicyclic) bond motifs is 3. The van der Waals surface area contributed by atoms with Crippen molar-refractivity contribution in [3.8, 4) is 45.4 Å². The van der Waals surface area contributed by atoms with Crippen molar-refractivity contribution in [3.05, 3.63) is 141 Å². The van der Waals surface area contributed by atoms with Crippen LogP contribution in [0.3, 0.4) is 0 Å². The number of hydrogen-bond donors (Lipinski definition) is 0. The smallest absolute Gasteiger partial charge is 0.161 e. The molecule has 0 saturated carbocycles. The van der Waals surface area contributed by atoms with Gasteiger partial charge in [0.05, 0.1) is 27.6 Å². The highest BCUT2D eigenvalue weighted by Gasteiger charge is 2.47. The molecule has 0 unspecified atom stereocenters. The topological polar surface area (TPSA) is 70.0 Å². The number of ether oxygens (including phenoxy) is 2. The van der Waals surface area contributed by atoms with Crippen molar-refractivity contribution in [1.29, 1.82) is 0 Å². The molecule has 2 heterocycles. The van der Waals surface area contributed by atoms with Crippen LogP contribution >= 0.6 is 31.9 Å². The first-order chi connectivity index (χ1) is 25.0. The van der Waals surface area contributed by atoms with Crippen molar-refractivity contribution in [2.75, 3.05) is 13.2 Å². The fraction of sp³-hybridized carbons (Fsp3) is 0.256. The first-order valence-electron chi connectivity index (χ1n) is 17.7. The van der Waals surface area contributed by atoms with E-state index in [0.717, 1.165) is 103 Å². The third kappa shape index (κ3) is 7.09. The number of halogens is 2. The second-order valence-corrected chi connectivity index (χ2v) is 14.7. The summed E-state index contributed by atoms with van der Waals surface area (Å²) >= 11 is 7.00. The van der Waals surface area contributed by atoms with E-state index in [0.29, 0.717) is 24.9 Å². The molecule has 258 valence electrons. The number of rotatable bonds is 14. The average Bonchev–Trinajstić information content (AvgIpc) is 3.46. The fourth-order valence-electron chi connectivity index (χ4n) is 7.04. The van der Waals surface area contributed by atoms with E-state index in [1.165, 1.54) is 0 Å². The zero-order valence-electron chi connectivity index (χ0n) is 28.9. The summed E-state index contributed by atoms with van der Waals surface area (Å²) in [6, 6.07) is 30.5. The number of hydrogen-bond acceptors (Lipinski definition) is 6. The SMILES string of the molecule is CCCCCOc1ccc(C2(c3ccccc3)c3cc(-c4ncc(Br)cn4)ccc3-c3ccc(-c4ncc(Br)cn4)cc32)cc1OCCCCC. The van der Waals surface area contributed by atoms with Crippen LogP contribution in [0.15, 0.2) is 119 Å².